The molecule has 0 atom stereocenters. The van der Waals surface area contributed by atoms with Crippen molar-refractivity contribution in [3.63, 3.8) is 0 Å². The molecule has 3 rings (SSSR count). The summed E-state index contributed by atoms with van der Waals surface area (Å²) in [4.78, 5) is 12.6. The highest BCUT2D eigenvalue weighted by Crippen LogP contribution is 2.19. The van der Waals surface area contributed by atoms with Gasteiger partial charge in [0.05, 0.1) is 17.7 Å². The lowest BCUT2D eigenvalue weighted by molar-refractivity contribution is -0.121. The smallest absolute Gasteiger partial charge is 0.255 e. The summed E-state index contributed by atoms with van der Waals surface area (Å²) in [7, 11) is -3.88. The highest BCUT2D eigenvalue weighted by molar-refractivity contribution is 9.10. The number of nitrogens with zero attached hydrogens (tertiary/aromatic N) is 2. The van der Waals surface area contributed by atoms with Gasteiger partial charge in [0.25, 0.3) is 5.91 Å². The Hall–Kier alpha value is -2.81. The Morgan fingerprint density at radius 3 is 2.42 bits per heavy atom. The summed E-state index contributed by atoms with van der Waals surface area (Å²) < 4.78 is 28.4. The molecule has 0 saturated heterocycles. The number of hydrogen-bond acceptors (Lipinski definition) is 4. The van der Waals surface area contributed by atoms with Crippen LogP contribution in [0.5, 0.6) is 0 Å². The highest BCUT2D eigenvalue weighted by atomic mass is 79.9. The van der Waals surface area contributed by atoms with Gasteiger partial charge in [-0.1, -0.05) is 76.1 Å². The maximum absolute atomic E-state index is 13.2. The van der Waals surface area contributed by atoms with Crippen molar-refractivity contribution >= 4 is 38.1 Å². The number of hydrazone groups is 1. The molecule has 0 spiro atoms. The number of amides is 1. The van der Waals surface area contributed by atoms with Gasteiger partial charge < -0.3 is 0 Å². The SMILES string of the molecule is Cc1cccc(C=NNC(=O)CN(Cc2ccc(Br)cc2)S(=O)(=O)c2ccccc2)c1. The third-order valence-corrected chi connectivity index (χ3v) is 6.75. The molecule has 3 aromatic rings. The second kappa shape index (κ2) is 10.5. The first-order valence-corrected chi connectivity index (χ1v) is 11.8. The maximum atomic E-state index is 13.2. The van der Waals surface area contributed by atoms with E-state index in [-0.39, 0.29) is 18.0 Å². The van der Waals surface area contributed by atoms with E-state index in [1.807, 2.05) is 55.5 Å². The molecular formula is C23H22BrN3O3S. The Kier molecular flexibility index (Phi) is 7.73. The van der Waals surface area contributed by atoms with Crippen LogP contribution in [0.25, 0.3) is 0 Å². The number of nitrogens with one attached hydrogen (secondary N) is 1. The van der Waals surface area contributed by atoms with Crippen molar-refractivity contribution in [3.8, 4) is 0 Å². The fourth-order valence-electron chi connectivity index (χ4n) is 2.89. The summed E-state index contributed by atoms with van der Waals surface area (Å²) in [6, 6.07) is 23.0. The lowest BCUT2D eigenvalue weighted by atomic mass is 10.2. The van der Waals surface area contributed by atoms with Crippen LogP contribution in [0.3, 0.4) is 0 Å². The molecule has 0 radical (unpaired) electrons. The minimum absolute atomic E-state index is 0.0551. The lowest BCUT2D eigenvalue weighted by Gasteiger charge is -2.21. The summed E-state index contributed by atoms with van der Waals surface area (Å²) in [5.74, 6) is -0.527. The Morgan fingerprint density at radius 2 is 1.74 bits per heavy atom. The summed E-state index contributed by atoms with van der Waals surface area (Å²) in [6.07, 6.45) is 1.52. The number of benzene rings is 3. The van der Waals surface area contributed by atoms with E-state index in [4.69, 9.17) is 0 Å². The molecule has 1 N–H and O–H groups in total. The number of carbonyl (C=O) groups is 1. The van der Waals surface area contributed by atoms with Gasteiger partial charge in [-0.2, -0.15) is 9.41 Å². The van der Waals surface area contributed by atoms with E-state index in [0.717, 1.165) is 25.5 Å². The van der Waals surface area contributed by atoms with E-state index in [1.54, 1.807) is 18.2 Å². The molecular weight excluding hydrogens is 478 g/mol. The molecule has 0 fully saturated rings. The molecule has 0 aliphatic rings. The minimum Gasteiger partial charge on any atom is -0.272 e. The second-order valence-corrected chi connectivity index (χ2v) is 9.77. The van der Waals surface area contributed by atoms with Crippen LogP contribution < -0.4 is 5.43 Å². The lowest BCUT2D eigenvalue weighted by Crippen LogP contribution is -2.39. The second-order valence-electron chi connectivity index (χ2n) is 6.92. The van der Waals surface area contributed by atoms with Crippen LogP contribution in [0.2, 0.25) is 0 Å². The number of aryl methyl sites for hydroxylation is 1. The van der Waals surface area contributed by atoms with E-state index in [0.29, 0.717) is 0 Å². The van der Waals surface area contributed by atoms with Crippen LogP contribution in [-0.4, -0.2) is 31.4 Å². The summed E-state index contributed by atoms with van der Waals surface area (Å²) in [5.41, 5.74) is 5.09. The highest BCUT2D eigenvalue weighted by Gasteiger charge is 2.26. The van der Waals surface area contributed by atoms with Crippen molar-refractivity contribution in [2.45, 2.75) is 18.4 Å². The number of sulfonamides is 1. The molecule has 160 valence electrons. The predicted molar refractivity (Wildman–Crippen MR) is 125 cm³/mol. The topological polar surface area (TPSA) is 78.8 Å². The number of hydrogen-bond donors (Lipinski definition) is 1. The third kappa shape index (κ3) is 6.58. The zero-order valence-corrected chi connectivity index (χ0v) is 19.3. The van der Waals surface area contributed by atoms with E-state index >= 15 is 0 Å². The van der Waals surface area contributed by atoms with Gasteiger partial charge in [-0.25, -0.2) is 13.8 Å². The normalized spacial score (nSPS) is 11.7. The number of halogens is 1. The van der Waals surface area contributed by atoms with Gasteiger partial charge in [-0.05, 0) is 42.3 Å². The van der Waals surface area contributed by atoms with Crippen molar-refractivity contribution in [2.75, 3.05) is 6.54 Å². The van der Waals surface area contributed by atoms with Crippen molar-refractivity contribution in [2.24, 2.45) is 5.10 Å². The monoisotopic (exact) mass is 499 g/mol. The number of carbonyl (C=O) groups excluding carboxylic acids is 1. The molecule has 0 saturated carbocycles. The van der Waals surface area contributed by atoms with Crippen LogP contribution in [0, 0.1) is 6.92 Å². The Bertz CT molecular complexity index is 1160. The molecule has 0 aliphatic carbocycles. The summed E-state index contributed by atoms with van der Waals surface area (Å²) in [5, 5.41) is 3.96. The molecule has 8 heteroatoms. The van der Waals surface area contributed by atoms with Crippen LogP contribution >= 0.6 is 15.9 Å². The fraction of sp³-hybridized carbons (Fsp3) is 0.130. The molecule has 6 nitrogen and oxygen atoms in total. The van der Waals surface area contributed by atoms with Crippen LogP contribution in [-0.2, 0) is 21.4 Å². The van der Waals surface area contributed by atoms with Crippen molar-refractivity contribution in [1.29, 1.82) is 0 Å². The first kappa shape index (κ1) is 22.9. The molecule has 3 aromatic carbocycles. The number of rotatable bonds is 8. The van der Waals surface area contributed by atoms with E-state index in [9.17, 15) is 13.2 Å². The van der Waals surface area contributed by atoms with Gasteiger partial charge in [0, 0.05) is 11.0 Å². The molecule has 0 aromatic heterocycles. The first-order valence-electron chi connectivity index (χ1n) is 9.53. The predicted octanol–water partition coefficient (Wildman–Crippen LogP) is 4.10. The quantitative estimate of drug-likeness (QED) is 0.374. The Labute approximate surface area is 190 Å². The van der Waals surface area contributed by atoms with Crippen molar-refractivity contribution in [3.05, 3.63) is 100 Å². The standard InChI is InChI=1S/C23H22BrN3O3S/c1-18-6-5-7-20(14-18)15-25-26-23(28)17-27(16-19-10-12-21(24)13-11-19)31(29,30)22-8-3-2-4-9-22/h2-15H,16-17H2,1H3,(H,26,28). The minimum atomic E-state index is -3.88. The Balaban J connectivity index is 1.77. The van der Waals surface area contributed by atoms with E-state index in [2.05, 4.69) is 26.5 Å². The van der Waals surface area contributed by atoms with E-state index < -0.39 is 15.9 Å². The van der Waals surface area contributed by atoms with E-state index in [1.165, 1.54) is 18.3 Å². The molecule has 0 aliphatic heterocycles. The van der Waals surface area contributed by atoms with Crippen LogP contribution in [0.15, 0.2) is 93.3 Å². The maximum Gasteiger partial charge on any atom is 0.255 e. The van der Waals surface area contributed by atoms with Gasteiger partial charge in [0.2, 0.25) is 10.0 Å². The van der Waals surface area contributed by atoms with Gasteiger partial charge in [-0.15, -0.1) is 0 Å². The Morgan fingerprint density at radius 1 is 1.03 bits per heavy atom. The average molecular weight is 500 g/mol. The van der Waals surface area contributed by atoms with Gasteiger partial charge in [0.15, 0.2) is 0 Å². The molecule has 0 bridgehead atoms. The van der Waals surface area contributed by atoms with Crippen molar-refractivity contribution in [1.82, 2.24) is 9.73 Å². The fourth-order valence-corrected chi connectivity index (χ4v) is 4.56. The van der Waals surface area contributed by atoms with Gasteiger partial charge in [0.1, 0.15) is 0 Å². The van der Waals surface area contributed by atoms with Crippen molar-refractivity contribution < 1.29 is 13.2 Å². The zero-order valence-electron chi connectivity index (χ0n) is 16.9. The molecule has 0 unspecified atom stereocenters. The zero-order chi connectivity index (χ0) is 22.3. The summed E-state index contributed by atoms with van der Waals surface area (Å²) in [6.45, 7) is 1.66. The molecule has 1 amide bonds. The third-order valence-electron chi connectivity index (χ3n) is 4.42. The average Bonchev–Trinajstić information content (AvgIpc) is 2.75. The van der Waals surface area contributed by atoms with Crippen LogP contribution in [0.4, 0.5) is 0 Å². The largest absolute Gasteiger partial charge is 0.272 e. The molecule has 31 heavy (non-hydrogen) atoms. The first-order chi connectivity index (χ1) is 14.8. The van der Waals surface area contributed by atoms with Gasteiger partial charge in [-0.3, -0.25) is 4.79 Å². The summed E-state index contributed by atoms with van der Waals surface area (Å²) >= 11 is 3.37. The van der Waals surface area contributed by atoms with Gasteiger partial charge >= 0.3 is 0 Å². The van der Waals surface area contributed by atoms with Crippen LogP contribution in [0.1, 0.15) is 16.7 Å². The molecule has 0 heterocycles.